The Morgan fingerprint density at radius 1 is 1.05 bits per heavy atom. The zero-order chi connectivity index (χ0) is 14.3. The van der Waals surface area contributed by atoms with Gasteiger partial charge < -0.3 is 0 Å². The highest BCUT2D eigenvalue weighted by atomic mass is 35.7. The Balaban J connectivity index is 0.000000312. The summed E-state index contributed by atoms with van der Waals surface area (Å²) in [6.07, 6.45) is 5.14. The molecule has 0 fully saturated rings. The highest BCUT2D eigenvalue weighted by Crippen LogP contribution is 2.10. The van der Waals surface area contributed by atoms with Crippen molar-refractivity contribution in [1.29, 1.82) is 0 Å². The van der Waals surface area contributed by atoms with Crippen LogP contribution in [0.15, 0.2) is 30.3 Å². The average Bonchev–Trinajstić information content (AvgIpc) is 2.31. The predicted molar refractivity (Wildman–Crippen MR) is 60.1 cm³/mol. The Morgan fingerprint density at radius 2 is 1.63 bits per heavy atom. The van der Waals surface area contributed by atoms with E-state index in [-0.39, 0.29) is 0 Å². The summed E-state index contributed by atoms with van der Waals surface area (Å²) < 4.78 is 36.4. The SMILES string of the molecule is C[N+]1=C(Cc2ccccc2)CCCC1.[O-][Cl+3]([O-])([O-])[O-]. The van der Waals surface area contributed by atoms with E-state index in [0.29, 0.717) is 0 Å². The fourth-order valence-electron chi connectivity index (χ4n) is 2.08. The van der Waals surface area contributed by atoms with Crippen molar-refractivity contribution in [2.24, 2.45) is 0 Å². The van der Waals surface area contributed by atoms with Crippen LogP contribution in [0.3, 0.4) is 0 Å². The number of hydrogen-bond donors (Lipinski definition) is 0. The molecule has 0 amide bonds. The number of nitrogens with zero attached hydrogens (tertiary/aromatic N) is 1. The van der Waals surface area contributed by atoms with Crippen LogP contribution in [-0.2, 0) is 6.42 Å². The summed E-state index contributed by atoms with van der Waals surface area (Å²) in [6, 6.07) is 10.8. The Kier molecular flexibility index (Phi) is 6.41. The molecule has 1 heterocycles. The summed E-state index contributed by atoms with van der Waals surface area (Å²) in [4.78, 5) is 0. The average molecular weight is 288 g/mol. The van der Waals surface area contributed by atoms with Gasteiger partial charge in [0.2, 0.25) is 0 Å². The molecule has 0 unspecified atom stereocenters. The number of hydrogen-bond acceptors (Lipinski definition) is 4. The van der Waals surface area contributed by atoms with Crippen LogP contribution < -0.4 is 18.6 Å². The molecule has 1 aromatic carbocycles. The molecule has 0 aromatic heterocycles. The zero-order valence-electron chi connectivity index (χ0n) is 10.9. The van der Waals surface area contributed by atoms with Crippen molar-refractivity contribution in [3.63, 3.8) is 0 Å². The molecule has 0 N–H and O–H groups in total. The van der Waals surface area contributed by atoms with E-state index in [9.17, 15) is 0 Å². The monoisotopic (exact) mass is 287 g/mol. The molecule has 0 bridgehead atoms. The van der Waals surface area contributed by atoms with Gasteiger partial charge in [-0.1, -0.05) is 30.3 Å². The van der Waals surface area contributed by atoms with Gasteiger partial charge in [-0.25, -0.2) is 23.2 Å². The summed E-state index contributed by atoms with van der Waals surface area (Å²) in [5.74, 6) is 0. The van der Waals surface area contributed by atoms with Gasteiger partial charge in [-0.2, -0.15) is 0 Å². The molecule has 0 spiro atoms. The minimum Gasteiger partial charge on any atom is -0.239 e. The predicted octanol–water partition coefficient (Wildman–Crippen LogP) is -2.26. The van der Waals surface area contributed by atoms with Gasteiger partial charge in [0.05, 0.1) is 6.42 Å². The molecule has 0 aliphatic carbocycles. The lowest BCUT2D eigenvalue weighted by atomic mass is 10.0. The van der Waals surface area contributed by atoms with Crippen molar-refractivity contribution in [1.82, 2.24) is 0 Å². The molecule has 0 saturated heterocycles. The fourth-order valence-corrected chi connectivity index (χ4v) is 2.08. The van der Waals surface area contributed by atoms with Gasteiger partial charge in [-0.05, 0) is 12.0 Å². The van der Waals surface area contributed by atoms with Crippen LogP contribution >= 0.6 is 0 Å². The topological polar surface area (TPSA) is 95.2 Å². The smallest absolute Gasteiger partial charge is 0.156 e. The number of benzene rings is 1. The Hall–Kier alpha value is -0.980. The highest BCUT2D eigenvalue weighted by Gasteiger charge is 2.16. The Morgan fingerprint density at radius 3 is 2.16 bits per heavy atom. The van der Waals surface area contributed by atoms with E-state index in [1.165, 1.54) is 31.4 Å². The molecule has 6 heteroatoms. The first-order valence-electron chi connectivity index (χ1n) is 6.08. The van der Waals surface area contributed by atoms with Crippen molar-refractivity contribution in [2.45, 2.75) is 25.7 Å². The van der Waals surface area contributed by atoms with Gasteiger partial charge in [-0.15, -0.1) is 10.2 Å². The Bertz CT molecular complexity index is 408. The number of rotatable bonds is 2. The first kappa shape index (κ1) is 16.1. The maximum absolute atomic E-state index is 8.49. The van der Waals surface area contributed by atoms with E-state index in [0.717, 1.165) is 6.42 Å². The maximum Gasteiger partial charge on any atom is 0.156 e. The molecule has 0 atom stereocenters. The molecule has 106 valence electrons. The zero-order valence-corrected chi connectivity index (χ0v) is 11.6. The quantitative estimate of drug-likeness (QED) is 0.574. The third kappa shape index (κ3) is 7.92. The van der Waals surface area contributed by atoms with Crippen molar-refractivity contribution in [2.75, 3.05) is 13.6 Å². The van der Waals surface area contributed by atoms with Crippen LogP contribution in [0.5, 0.6) is 0 Å². The first-order valence-corrected chi connectivity index (χ1v) is 7.31. The van der Waals surface area contributed by atoms with E-state index < -0.39 is 10.2 Å². The molecule has 19 heavy (non-hydrogen) atoms. The molecule has 0 radical (unpaired) electrons. The summed E-state index contributed by atoms with van der Waals surface area (Å²) in [6.45, 7) is 1.24. The summed E-state index contributed by atoms with van der Waals surface area (Å²) >= 11 is 0. The summed E-state index contributed by atoms with van der Waals surface area (Å²) in [5, 5.41) is 0. The lowest BCUT2D eigenvalue weighted by Gasteiger charge is -2.17. The normalized spacial score (nSPS) is 15.8. The standard InChI is InChI=1S/C13H18N.ClHO4/c1-14-10-6-5-9-13(14)11-12-7-3-2-4-8-12;2-1(3,4)5/h2-4,7-8H,5-6,9-11H2,1H3;(H,2,3,4,5)/q+1;/p-1. The van der Waals surface area contributed by atoms with E-state index in [1.54, 1.807) is 5.71 Å². The molecular weight excluding hydrogens is 270 g/mol. The largest absolute Gasteiger partial charge is 0.239 e. The van der Waals surface area contributed by atoms with Crippen molar-refractivity contribution >= 4 is 5.71 Å². The minimum absolute atomic E-state index is 1.14. The van der Waals surface area contributed by atoms with Gasteiger partial charge in [0, 0.05) is 12.8 Å². The minimum atomic E-state index is -4.94. The van der Waals surface area contributed by atoms with Crippen molar-refractivity contribution < 1.29 is 33.5 Å². The molecule has 5 nitrogen and oxygen atoms in total. The van der Waals surface area contributed by atoms with Gasteiger partial charge >= 0.3 is 0 Å². The third-order valence-electron chi connectivity index (χ3n) is 3.00. The highest BCUT2D eigenvalue weighted by molar-refractivity contribution is 5.82. The maximum atomic E-state index is 8.49. The molecule has 1 aliphatic rings. The Labute approximate surface area is 115 Å². The van der Waals surface area contributed by atoms with Crippen LogP contribution in [0.1, 0.15) is 24.8 Å². The van der Waals surface area contributed by atoms with Gasteiger partial charge in [-0.3, -0.25) is 0 Å². The van der Waals surface area contributed by atoms with Crippen molar-refractivity contribution in [3.05, 3.63) is 35.9 Å². The lowest BCUT2D eigenvalue weighted by molar-refractivity contribution is -2.00. The van der Waals surface area contributed by atoms with Gasteiger partial charge in [0.1, 0.15) is 13.6 Å². The van der Waals surface area contributed by atoms with Gasteiger partial charge in [0.25, 0.3) is 0 Å². The van der Waals surface area contributed by atoms with E-state index >= 15 is 0 Å². The fraction of sp³-hybridized carbons (Fsp3) is 0.462. The summed E-state index contributed by atoms with van der Waals surface area (Å²) in [5.41, 5.74) is 3.04. The van der Waals surface area contributed by atoms with E-state index in [4.69, 9.17) is 18.6 Å². The molecule has 1 aromatic rings. The van der Waals surface area contributed by atoms with E-state index in [2.05, 4.69) is 42.0 Å². The lowest BCUT2D eigenvalue weighted by Crippen LogP contribution is -2.68. The second kappa shape index (κ2) is 7.57. The first-order chi connectivity index (χ1) is 8.86. The van der Waals surface area contributed by atoms with Crippen LogP contribution in [0.2, 0.25) is 0 Å². The molecular formula is C13H18ClNO4. The molecule has 1 aliphatic heterocycles. The number of halogens is 1. The second-order valence-electron chi connectivity index (χ2n) is 4.49. The van der Waals surface area contributed by atoms with E-state index in [1.807, 2.05) is 0 Å². The van der Waals surface area contributed by atoms with Gasteiger partial charge in [0.15, 0.2) is 5.71 Å². The molecule has 0 saturated carbocycles. The van der Waals surface area contributed by atoms with Crippen molar-refractivity contribution in [3.8, 4) is 0 Å². The second-order valence-corrected chi connectivity index (χ2v) is 5.24. The van der Waals surface area contributed by atoms with Crippen LogP contribution in [0.25, 0.3) is 0 Å². The van der Waals surface area contributed by atoms with Crippen LogP contribution in [0.4, 0.5) is 0 Å². The van der Waals surface area contributed by atoms with Crippen LogP contribution in [-0.4, -0.2) is 23.9 Å². The van der Waals surface area contributed by atoms with Crippen LogP contribution in [0, 0.1) is 10.2 Å². The third-order valence-corrected chi connectivity index (χ3v) is 3.00. The molecule has 2 rings (SSSR count). The summed E-state index contributed by atoms with van der Waals surface area (Å²) in [7, 11) is -2.72.